The van der Waals surface area contributed by atoms with Gasteiger partial charge in [0.1, 0.15) is 6.61 Å². The summed E-state index contributed by atoms with van der Waals surface area (Å²) in [6, 6.07) is 5.65. The number of nitrogens with zero attached hydrogens (tertiary/aromatic N) is 2. The van der Waals surface area contributed by atoms with Crippen molar-refractivity contribution in [3.05, 3.63) is 18.2 Å². The highest BCUT2D eigenvalue weighted by Gasteiger charge is 2.09. The lowest BCUT2D eigenvalue weighted by atomic mass is 10.2. The van der Waals surface area contributed by atoms with Gasteiger partial charge in [-0.05, 0) is 18.2 Å². The van der Waals surface area contributed by atoms with E-state index in [1.54, 1.807) is 11.8 Å². The average molecular weight is 221 g/mol. The Morgan fingerprint density at radius 2 is 2.19 bits per heavy atom. The highest BCUT2D eigenvalue weighted by atomic mass is 16.5. The Labute approximate surface area is 93.7 Å². The Hall–Kier alpha value is -1.75. The van der Waals surface area contributed by atoms with Crippen molar-refractivity contribution in [2.45, 2.75) is 0 Å². The molecule has 0 unspecified atom stereocenters. The first kappa shape index (κ1) is 10.8. The summed E-state index contributed by atoms with van der Waals surface area (Å²) in [5.74, 6) is 0.599. The molecule has 1 heterocycles. The van der Waals surface area contributed by atoms with Crippen LogP contribution in [0.2, 0.25) is 0 Å². The van der Waals surface area contributed by atoms with Crippen molar-refractivity contribution in [1.29, 1.82) is 0 Å². The zero-order valence-corrected chi connectivity index (χ0v) is 9.43. The van der Waals surface area contributed by atoms with Crippen molar-refractivity contribution in [2.24, 2.45) is 7.05 Å². The molecule has 0 aliphatic rings. The minimum absolute atomic E-state index is 0.484. The van der Waals surface area contributed by atoms with Gasteiger partial charge in [0.05, 0.1) is 17.5 Å². The van der Waals surface area contributed by atoms with Crippen molar-refractivity contribution < 1.29 is 9.47 Å². The summed E-state index contributed by atoms with van der Waals surface area (Å²) in [6.45, 7) is 1.03. The molecule has 0 bridgehead atoms. The number of aryl methyl sites for hydroxylation is 1. The fraction of sp³-hybridized carbons (Fsp3) is 0.364. The van der Waals surface area contributed by atoms with Crippen LogP contribution in [-0.2, 0) is 11.8 Å². The van der Waals surface area contributed by atoms with E-state index < -0.39 is 0 Å². The number of nitrogen functional groups attached to an aromatic ring is 1. The van der Waals surface area contributed by atoms with Crippen molar-refractivity contribution in [2.75, 3.05) is 26.1 Å². The number of benzene rings is 1. The predicted octanol–water partition coefficient (Wildman–Crippen LogP) is 1.18. The maximum Gasteiger partial charge on any atom is 0.240 e. The highest BCUT2D eigenvalue weighted by molar-refractivity contribution is 5.87. The van der Waals surface area contributed by atoms with Crippen molar-refractivity contribution in [3.8, 4) is 5.88 Å². The second-order valence-corrected chi connectivity index (χ2v) is 3.55. The Balaban J connectivity index is 2.33. The van der Waals surface area contributed by atoms with Crippen molar-refractivity contribution in [3.63, 3.8) is 0 Å². The number of hydrogen-bond donors (Lipinski definition) is 1. The van der Waals surface area contributed by atoms with Crippen LogP contribution in [0.3, 0.4) is 0 Å². The molecule has 0 radical (unpaired) electrons. The molecule has 2 rings (SSSR count). The average Bonchev–Trinajstić information content (AvgIpc) is 2.56. The van der Waals surface area contributed by atoms with Gasteiger partial charge >= 0.3 is 0 Å². The van der Waals surface area contributed by atoms with E-state index in [9.17, 15) is 0 Å². The van der Waals surface area contributed by atoms with Crippen LogP contribution in [0.15, 0.2) is 18.2 Å². The number of methoxy groups -OCH3 is 1. The van der Waals surface area contributed by atoms with Gasteiger partial charge in [0.15, 0.2) is 0 Å². The molecule has 5 nitrogen and oxygen atoms in total. The zero-order chi connectivity index (χ0) is 11.5. The Morgan fingerprint density at radius 3 is 2.94 bits per heavy atom. The number of aromatic nitrogens is 2. The molecule has 0 fully saturated rings. The molecule has 0 amide bonds. The third kappa shape index (κ3) is 1.94. The number of nitrogens with two attached hydrogens (primary N) is 1. The SMILES string of the molecule is COCCOc1nn(C)c2ccc(N)cc12. The second-order valence-electron chi connectivity index (χ2n) is 3.55. The van der Waals surface area contributed by atoms with E-state index >= 15 is 0 Å². The first-order valence-electron chi connectivity index (χ1n) is 5.06. The van der Waals surface area contributed by atoms with Gasteiger partial charge in [0, 0.05) is 19.8 Å². The number of rotatable bonds is 4. The fourth-order valence-corrected chi connectivity index (χ4v) is 1.58. The minimum Gasteiger partial charge on any atom is -0.474 e. The van der Waals surface area contributed by atoms with Gasteiger partial charge in [-0.3, -0.25) is 4.68 Å². The van der Waals surface area contributed by atoms with Gasteiger partial charge in [-0.25, -0.2) is 0 Å². The normalized spacial score (nSPS) is 10.9. The molecule has 86 valence electrons. The van der Waals surface area contributed by atoms with Crippen LogP contribution in [0, 0.1) is 0 Å². The van der Waals surface area contributed by atoms with E-state index in [-0.39, 0.29) is 0 Å². The van der Waals surface area contributed by atoms with Crippen molar-refractivity contribution in [1.82, 2.24) is 9.78 Å². The number of fused-ring (bicyclic) bond motifs is 1. The molecule has 0 aliphatic carbocycles. The Kier molecular flexibility index (Phi) is 2.96. The van der Waals surface area contributed by atoms with Gasteiger partial charge in [0.25, 0.3) is 0 Å². The fourth-order valence-electron chi connectivity index (χ4n) is 1.58. The van der Waals surface area contributed by atoms with E-state index in [1.165, 1.54) is 0 Å². The largest absolute Gasteiger partial charge is 0.474 e. The number of ether oxygens (including phenoxy) is 2. The third-order valence-electron chi connectivity index (χ3n) is 2.37. The van der Waals surface area contributed by atoms with Crippen LogP contribution in [-0.4, -0.2) is 30.1 Å². The van der Waals surface area contributed by atoms with Gasteiger partial charge in [-0.2, -0.15) is 0 Å². The van der Waals surface area contributed by atoms with Crippen LogP contribution < -0.4 is 10.5 Å². The lowest BCUT2D eigenvalue weighted by molar-refractivity contribution is 0.144. The number of hydrogen-bond acceptors (Lipinski definition) is 4. The second kappa shape index (κ2) is 4.40. The van der Waals surface area contributed by atoms with Gasteiger partial charge in [-0.1, -0.05) is 0 Å². The maximum absolute atomic E-state index is 5.74. The molecule has 2 N–H and O–H groups in total. The van der Waals surface area contributed by atoms with Crippen molar-refractivity contribution >= 4 is 16.6 Å². The lowest BCUT2D eigenvalue weighted by Crippen LogP contribution is -2.05. The van der Waals surface area contributed by atoms with Crippen LogP contribution >= 0.6 is 0 Å². The molecule has 2 aromatic rings. The molecule has 1 aromatic carbocycles. The summed E-state index contributed by atoms with van der Waals surface area (Å²) in [5, 5.41) is 5.22. The van der Waals surface area contributed by atoms with Gasteiger partial charge in [0.2, 0.25) is 5.88 Å². The summed E-state index contributed by atoms with van der Waals surface area (Å²) < 4.78 is 12.2. The minimum atomic E-state index is 0.484. The summed E-state index contributed by atoms with van der Waals surface area (Å²) >= 11 is 0. The predicted molar refractivity (Wildman–Crippen MR) is 62.5 cm³/mol. The van der Waals surface area contributed by atoms with E-state index in [1.807, 2.05) is 25.2 Å². The molecule has 0 saturated carbocycles. The summed E-state index contributed by atoms with van der Waals surface area (Å²) in [6.07, 6.45) is 0. The van der Waals surface area contributed by atoms with E-state index in [0.29, 0.717) is 24.8 Å². The molecular weight excluding hydrogens is 206 g/mol. The smallest absolute Gasteiger partial charge is 0.240 e. The summed E-state index contributed by atoms with van der Waals surface area (Å²) in [5.41, 5.74) is 7.45. The molecule has 5 heteroatoms. The lowest BCUT2D eigenvalue weighted by Gasteiger charge is -2.01. The van der Waals surface area contributed by atoms with Crippen LogP contribution in [0.5, 0.6) is 5.88 Å². The summed E-state index contributed by atoms with van der Waals surface area (Å²) in [4.78, 5) is 0. The molecule has 0 atom stereocenters. The third-order valence-corrected chi connectivity index (χ3v) is 2.37. The molecule has 0 saturated heterocycles. The topological polar surface area (TPSA) is 62.3 Å². The first-order valence-corrected chi connectivity index (χ1v) is 5.06. The molecule has 0 aliphatic heterocycles. The standard InChI is InChI=1S/C11H15N3O2/c1-14-10-4-3-8(12)7-9(10)11(13-14)16-6-5-15-2/h3-4,7H,5-6,12H2,1-2H3. The molecular formula is C11H15N3O2. The van der Waals surface area contributed by atoms with Gasteiger partial charge in [-0.15, -0.1) is 5.10 Å². The first-order chi connectivity index (χ1) is 7.72. The van der Waals surface area contributed by atoms with Crippen LogP contribution in [0.4, 0.5) is 5.69 Å². The van der Waals surface area contributed by atoms with E-state index in [2.05, 4.69) is 5.10 Å². The molecule has 16 heavy (non-hydrogen) atoms. The Bertz CT molecular complexity index is 493. The quantitative estimate of drug-likeness (QED) is 0.622. The van der Waals surface area contributed by atoms with E-state index in [4.69, 9.17) is 15.2 Å². The van der Waals surface area contributed by atoms with Gasteiger partial charge < -0.3 is 15.2 Å². The number of anilines is 1. The highest BCUT2D eigenvalue weighted by Crippen LogP contribution is 2.26. The summed E-state index contributed by atoms with van der Waals surface area (Å²) in [7, 11) is 3.51. The molecule has 1 aromatic heterocycles. The van der Waals surface area contributed by atoms with Crippen LogP contribution in [0.1, 0.15) is 0 Å². The monoisotopic (exact) mass is 221 g/mol. The van der Waals surface area contributed by atoms with Crippen LogP contribution in [0.25, 0.3) is 10.9 Å². The molecule has 0 spiro atoms. The Morgan fingerprint density at radius 1 is 1.38 bits per heavy atom. The zero-order valence-electron chi connectivity index (χ0n) is 9.43. The maximum atomic E-state index is 5.74. The van der Waals surface area contributed by atoms with E-state index in [0.717, 1.165) is 10.9 Å².